The van der Waals surface area contributed by atoms with Crippen LogP contribution in [0.15, 0.2) is 18.2 Å². The molecule has 0 bridgehead atoms. The number of nitrogens with zero attached hydrogens (tertiary/aromatic N) is 1. The van der Waals surface area contributed by atoms with Crippen LogP contribution < -0.4 is 15.1 Å². The Morgan fingerprint density at radius 3 is 2.55 bits per heavy atom. The second kappa shape index (κ2) is 5.57. The molecule has 2 N–H and O–H groups in total. The predicted molar refractivity (Wildman–Crippen MR) is 84.4 cm³/mol. The molecule has 1 aliphatic heterocycles. The standard InChI is InChI=1S/C15H22BNO5/c1-14(2,19)15(3,4)22-16(20)10-6-7-11-12(8-10)21-9-13(18)17(11)5/h6-8,19-20H,9H2,1-5H3. The molecule has 0 radical (unpaired) electrons. The van der Waals surface area contributed by atoms with Gasteiger partial charge in [-0.05, 0) is 45.3 Å². The molecule has 0 spiro atoms. The van der Waals surface area contributed by atoms with Gasteiger partial charge in [0.15, 0.2) is 6.61 Å². The third-order valence-corrected chi connectivity index (χ3v) is 4.24. The Kier molecular flexibility index (Phi) is 4.25. The van der Waals surface area contributed by atoms with Gasteiger partial charge in [-0.2, -0.15) is 0 Å². The molecular formula is C15H22BNO5. The van der Waals surface area contributed by atoms with E-state index in [9.17, 15) is 14.9 Å². The number of carbonyl (C=O) groups is 1. The smallest absolute Gasteiger partial charge is 0.482 e. The summed E-state index contributed by atoms with van der Waals surface area (Å²) in [4.78, 5) is 13.1. The molecule has 0 aromatic heterocycles. The summed E-state index contributed by atoms with van der Waals surface area (Å²) < 4.78 is 11.0. The van der Waals surface area contributed by atoms with Crippen molar-refractivity contribution < 1.29 is 24.3 Å². The SMILES string of the molecule is CN1C(=O)COc2cc(B(O)OC(C)(C)C(C)(C)O)ccc21. The van der Waals surface area contributed by atoms with Gasteiger partial charge in [-0.25, -0.2) is 0 Å². The first kappa shape index (κ1) is 16.8. The van der Waals surface area contributed by atoms with Crippen molar-refractivity contribution in [2.24, 2.45) is 0 Å². The lowest BCUT2D eigenvalue weighted by Crippen LogP contribution is -2.53. The van der Waals surface area contributed by atoms with Crippen LogP contribution in [-0.2, 0) is 9.45 Å². The third-order valence-electron chi connectivity index (χ3n) is 4.24. The van der Waals surface area contributed by atoms with E-state index in [0.29, 0.717) is 16.9 Å². The fourth-order valence-electron chi connectivity index (χ4n) is 1.94. The predicted octanol–water partition coefficient (Wildman–Crippen LogP) is 0.295. The largest absolute Gasteiger partial charge is 0.491 e. The number of anilines is 1. The van der Waals surface area contributed by atoms with Crippen LogP contribution in [0.25, 0.3) is 0 Å². The van der Waals surface area contributed by atoms with E-state index in [1.54, 1.807) is 52.9 Å². The second-order valence-corrected chi connectivity index (χ2v) is 6.51. The molecule has 1 aromatic rings. The molecule has 1 heterocycles. The van der Waals surface area contributed by atoms with Crippen molar-refractivity contribution in [1.82, 2.24) is 0 Å². The fraction of sp³-hybridized carbons (Fsp3) is 0.533. The summed E-state index contributed by atoms with van der Waals surface area (Å²) >= 11 is 0. The molecule has 6 nitrogen and oxygen atoms in total. The van der Waals surface area contributed by atoms with Crippen LogP contribution in [0.1, 0.15) is 27.7 Å². The summed E-state index contributed by atoms with van der Waals surface area (Å²) in [6.45, 7) is 6.63. The van der Waals surface area contributed by atoms with E-state index < -0.39 is 18.3 Å². The summed E-state index contributed by atoms with van der Waals surface area (Å²) in [6.07, 6.45) is 0. The molecule has 0 aliphatic carbocycles. The van der Waals surface area contributed by atoms with Crippen LogP contribution >= 0.6 is 0 Å². The Morgan fingerprint density at radius 1 is 1.32 bits per heavy atom. The molecule has 7 heteroatoms. The molecule has 1 aliphatic rings. The normalized spacial score (nSPS) is 15.4. The van der Waals surface area contributed by atoms with Gasteiger partial charge in [-0.3, -0.25) is 4.79 Å². The van der Waals surface area contributed by atoms with E-state index in [0.717, 1.165) is 0 Å². The Labute approximate surface area is 130 Å². The topological polar surface area (TPSA) is 79.2 Å². The van der Waals surface area contributed by atoms with Crippen molar-refractivity contribution in [1.29, 1.82) is 0 Å². The highest BCUT2D eigenvalue weighted by Crippen LogP contribution is 2.30. The summed E-state index contributed by atoms with van der Waals surface area (Å²) in [6, 6.07) is 5.01. The molecule has 0 saturated carbocycles. The number of ether oxygens (including phenoxy) is 1. The van der Waals surface area contributed by atoms with E-state index in [-0.39, 0.29) is 12.5 Å². The lowest BCUT2D eigenvalue weighted by molar-refractivity contribution is -0.120. The van der Waals surface area contributed by atoms with Gasteiger partial charge in [-0.1, -0.05) is 6.07 Å². The number of hydrogen-bond acceptors (Lipinski definition) is 5. The molecule has 22 heavy (non-hydrogen) atoms. The number of carbonyl (C=O) groups excluding carboxylic acids is 1. The first-order valence-electron chi connectivity index (χ1n) is 7.14. The van der Waals surface area contributed by atoms with E-state index in [2.05, 4.69) is 0 Å². The monoisotopic (exact) mass is 307 g/mol. The molecule has 1 amide bonds. The molecule has 0 fully saturated rings. The van der Waals surface area contributed by atoms with Gasteiger partial charge in [0.25, 0.3) is 5.91 Å². The molecule has 1 aromatic carbocycles. The average molecular weight is 307 g/mol. The maximum atomic E-state index is 11.6. The van der Waals surface area contributed by atoms with Crippen molar-refractivity contribution in [2.75, 3.05) is 18.6 Å². The number of aliphatic hydroxyl groups is 1. The molecule has 120 valence electrons. The zero-order chi connectivity index (χ0) is 16.7. The van der Waals surface area contributed by atoms with Crippen molar-refractivity contribution in [3.8, 4) is 5.75 Å². The lowest BCUT2D eigenvalue weighted by Gasteiger charge is -2.38. The van der Waals surface area contributed by atoms with Crippen molar-refractivity contribution in [3.05, 3.63) is 18.2 Å². The van der Waals surface area contributed by atoms with E-state index in [1.165, 1.54) is 4.90 Å². The van der Waals surface area contributed by atoms with Gasteiger partial charge >= 0.3 is 7.12 Å². The Bertz CT molecular complexity index is 582. The maximum absolute atomic E-state index is 11.6. The third kappa shape index (κ3) is 3.11. The first-order valence-corrected chi connectivity index (χ1v) is 7.14. The maximum Gasteiger partial charge on any atom is 0.491 e. The summed E-state index contributed by atoms with van der Waals surface area (Å²) in [5, 5.41) is 20.4. The quantitative estimate of drug-likeness (QED) is 0.782. The fourth-order valence-corrected chi connectivity index (χ4v) is 1.94. The number of amides is 1. The van der Waals surface area contributed by atoms with Crippen molar-refractivity contribution in [3.63, 3.8) is 0 Å². The summed E-state index contributed by atoms with van der Waals surface area (Å²) in [5.74, 6) is 0.392. The Balaban J connectivity index is 2.22. The van der Waals surface area contributed by atoms with Gasteiger partial charge in [0.1, 0.15) is 5.75 Å². The number of hydrogen-bond donors (Lipinski definition) is 2. The molecular weight excluding hydrogens is 285 g/mol. The number of benzene rings is 1. The number of rotatable bonds is 4. The van der Waals surface area contributed by atoms with E-state index in [1.807, 2.05) is 0 Å². The van der Waals surface area contributed by atoms with Crippen LogP contribution in [0.5, 0.6) is 5.75 Å². The van der Waals surface area contributed by atoms with Gasteiger partial charge in [0.2, 0.25) is 0 Å². The van der Waals surface area contributed by atoms with Gasteiger partial charge < -0.3 is 24.4 Å². The highest BCUT2D eigenvalue weighted by molar-refractivity contribution is 6.60. The molecule has 0 saturated heterocycles. The minimum Gasteiger partial charge on any atom is -0.482 e. The van der Waals surface area contributed by atoms with Crippen LogP contribution in [0, 0.1) is 0 Å². The average Bonchev–Trinajstić information content (AvgIpc) is 2.41. The van der Waals surface area contributed by atoms with Crippen molar-refractivity contribution in [2.45, 2.75) is 38.9 Å². The van der Waals surface area contributed by atoms with Gasteiger partial charge in [0.05, 0.1) is 16.9 Å². The minimum absolute atomic E-state index is 0.0287. The number of fused-ring (bicyclic) bond motifs is 1. The highest BCUT2D eigenvalue weighted by atomic mass is 16.5. The van der Waals surface area contributed by atoms with E-state index >= 15 is 0 Å². The van der Waals surface area contributed by atoms with Crippen molar-refractivity contribution >= 4 is 24.2 Å². The minimum atomic E-state index is -1.21. The van der Waals surface area contributed by atoms with Gasteiger partial charge in [0, 0.05) is 7.05 Å². The van der Waals surface area contributed by atoms with Crippen LogP contribution in [-0.4, -0.2) is 48.0 Å². The van der Waals surface area contributed by atoms with Gasteiger partial charge in [-0.15, -0.1) is 0 Å². The number of likely N-dealkylation sites (N-methyl/N-ethyl adjacent to an activating group) is 1. The Morgan fingerprint density at radius 2 is 1.95 bits per heavy atom. The summed E-state index contributed by atoms with van der Waals surface area (Å²) in [5.41, 5.74) is -0.922. The molecule has 2 rings (SSSR count). The summed E-state index contributed by atoms with van der Waals surface area (Å²) in [7, 11) is 0.464. The van der Waals surface area contributed by atoms with Crippen LogP contribution in [0.4, 0.5) is 5.69 Å². The van der Waals surface area contributed by atoms with Crippen LogP contribution in [0.3, 0.4) is 0 Å². The lowest BCUT2D eigenvalue weighted by atomic mass is 9.76. The molecule has 0 atom stereocenters. The van der Waals surface area contributed by atoms with Crippen LogP contribution in [0.2, 0.25) is 0 Å². The zero-order valence-electron chi connectivity index (χ0n) is 13.6. The second-order valence-electron chi connectivity index (χ2n) is 6.51. The zero-order valence-corrected chi connectivity index (χ0v) is 13.6. The molecule has 0 unspecified atom stereocenters. The first-order chi connectivity index (χ1) is 10.0. The Hall–Kier alpha value is -1.57. The van der Waals surface area contributed by atoms with E-state index in [4.69, 9.17) is 9.39 Å². The highest BCUT2D eigenvalue weighted by Gasteiger charge is 2.39.